The molecule has 0 fully saturated rings. The molecule has 0 spiro atoms. The summed E-state index contributed by atoms with van der Waals surface area (Å²) in [4.78, 5) is 15.0. The van der Waals surface area contributed by atoms with E-state index in [1.807, 2.05) is 36.4 Å². The summed E-state index contributed by atoms with van der Waals surface area (Å²) >= 11 is -3.39. The molecular weight excluding hydrogens is 878 g/mol. The van der Waals surface area contributed by atoms with E-state index in [9.17, 15) is 0 Å². The molecule has 62 heavy (non-hydrogen) atoms. The second-order valence-corrected chi connectivity index (χ2v) is 25.6. The summed E-state index contributed by atoms with van der Waals surface area (Å²) in [6, 6.07) is 86.0. The zero-order valence-electron chi connectivity index (χ0n) is 33.8. The van der Waals surface area contributed by atoms with Gasteiger partial charge in [-0.25, -0.2) is 0 Å². The maximum atomic E-state index is 5.05. The van der Waals surface area contributed by atoms with Crippen molar-refractivity contribution in [3.63, 3.8) is 0 Å². The Kier molecular flexibility index (Phi) is 10.1. The van der Waals surface area contributed by atoms with Gasteiger partial charge in [0, 0.05) is 0 Å². The van der Waals surface area contributed by atoms with E-state index in [-0.39, 0.29) is 14.5 Å². The summed E-state index contributed by atoms with van der Waals surface area (Å²) in [6.07, 6.45) is 0. The van der Waals surface area contributed by atoms with Crippen LogP contribution in [-0.4, -0.2) is 42.7 Å². The van der Waals surface area contributed by atoms with E-state index in [0.29, 0.717) is 17.5 Å². The first-order valence-corrected chi connectivity index (χ1v) is 26.8. The van der Waals surface area contributed by atoms with E-state index in [4.69, 9.17) is 15.0 Å². The van der Waals surface area contributed by atoms with Crippen LogP contribution in [0.4, 0.5) is 0 Å². The van der Waals surface area contributed by atoms with Crippen molar-refractivity contribution in [2.24, 2.45) is 0 Å². The maximum absolute atomic E-state index is 5.05. The average Bonchev–Trinajstić information content (AvgIpc) is 3.75. The summed E-state index contributed by atoms with van der Waals surface area (Å²) < 4.78 is 8.54. The normalized spacial score (nSPS) is 11.5. The van der Waals surface area contributed by atoms with Crippen LogP contribution in [0, 0.1) is 0 Å². The van der Waals surface area contributed by atoms with Crippen LogP contribution >= 0.6 is 0 Å². The van der Waals surface area contributed by atoms with Crippen LogP contribution < -0.4 is 17.6 Å². The van der Waals surface area contributed by atoms with Gasteiger partial charge in [-0.15, -0.1) is 0 Å². The molecule has 2 aromatic heterocycles. The van der Waals surface area contributed by atoms with Crippen LogP contribution in [0.3, 0.4) is 0 Å². The second-order valence-electron chi connectivity index (χ2n) is 15.5. The van der Waals surface area contributed by atoms with Gasteiger partial charge in [-0.05, 0) is 0 Å². The minimum atomic E-state index is -3.46. The van der Waals surface area contributed by atoms with Crippen LogP contribution in [0.15, 0.2) is 237 Å². The van der Waals surface area contributed by atoms with Crippen molar-refractivity contribution >= 4 is 64.6 Å². The summed E-state index contributed by atoms with van der Waals surface area (Å²) in [5.41, 5.74) is 7.88. The number of rotatable bonds is 9. The molecule has 0 saturated heterocycles. The number of nitrogens with zero attached hydrogens (tertiary/aromatic N) is 3. The number of fused-ring (bicyclic) bond motifs is 3. The Bertz CT molecular complexity index is 3180. The van der Waals surface area contributed by atoms with Gasteiger partial charge in [-0.1, -0.05) is 0 Å². The quantitative estimate of drug-likeness (QED) is 0.135. The fourth-order valence-corrected chi connectivity index (χ4v) is 22.0. The standard InChI is InChI=1S/C57H39GeN3Se/c1-6-20-40(21-7-1)55-59-56(41-22-8-2-9-23-41)61-57(60-55)44-26-16-24-42(38-44)49-34-18-36-51-52-37-19-35-50(54(52)62-53(49)51)43-25-17-33-48(39-43)58(45-27-10-3-11-28-45,46-29-12-4-13-30-46)47-31-14-5-15-32-47/h1-39H. The van der Waals surface area contributed by atoms with Crippen molar-refractivity contribution in [1.82, 2.24) is 15.0 Å². The third kappa shape index (κ3) is 6.83. The Labute approximate surface area is 370 Å². The van der Waals surface area contributed by atoms with E-state index >= 15 is 0 Å². The Morgan fingerprint density at radius 1 is 0.274 bits per heavy atom. The van der Waals surface area contributed by atoms with Crippen LogP contribution in [0.1, 0.15) is 0 Å². The summed E-state index contributed by atoms with van der Waals surface area (Å²) in [6.45, 7) is 0. The molecule has 11 aromatic rings. The third-order valence-corrected chi connectivity index (χ3v) is 24.6. The van der Waals surface area contributed by atoms with Gasteiger partial charge in [0.05, 0.1) is 0 Å². The Morgan fingerprint density at radius 3 is 1.08 bits per heavy atom. The molecule has 292 valence electrons. The minimum absolute atomic E-state index is 0.0643. The molecule has 0 N–H and O–H groups in total. The van der Waals surface area contributed by atoms with Gasteiger partial charge in [-0.3, -0.25) is 0 Å². The van der Waals surface area contributed by atoms with Crippen molar-refractivity contribution in [3.05, 3.63) is 237 Å². The molecule has 2 heterocycles. The SMILES string of the molecule is c1ccc(-c2nc(-c3ccccc3)nc(-c3cccc(-c4cccc5c4[se]c4c(-c6ccc[c]([Ge]([c]7ccccc7)([c]7ccccc7)[c]7ccccc7)c6)cccc45)c3)n2)cc1. The van der Waals surface area contributed by atoms with Gasteiger partial charge in [0.25, 0.3) is 0 Å². The van der Waals surface area contributed by atoms with Gasteiger partial charge in [0.15, 0.2) is 0 Å². The van der Waals surface area contributed by atoms with Crippen molar-refractivity contribution in [1.29, 1.82) is 0 Å². The topological polar surface area (TPSA) is 38.7 Å². The molecule has 5 heteroatoms. The molecule has 0 bridgehead atoms. The first-order chi connectivity index (χ1) is 30.7. The van der Waals surface area contributed by atoms with Gasteiger partial charge in [0.1, 0.15) is 0 Å². The molecule has 0 aliphatic heterocycles. The summed E-state index contributed by atoms with van der Waals surface area (Å²) in [7, 11) is 0. The van der Waals surface area contributed by atoms with Gasteiger partial charge >= 0.3 is 373 Å². The molecule has 0 unspecified atom stereocenters. The van der Waals surface area contributed by atoms with Crippen LogP contribution in [0.2, 0.25) is 0 Å². The molecule has 0 amide bonds. The van der Waals surface area contributed by atoms with Gasteiger partial charge < -0.3 is 0 Å². The van der Waals surface area contributed by atoms with E-state index in [1.54, 1.807) is 0 Å². The zero-order chi connectivity index (χ0) is 41.3. The predicted octanol–water partition coefficient (Wildman–Crippen LogP) is 10.9. The molecule has 0 aliphatic rings. The second kappa shape index (κ2) is 16.5. The van der Waals surface area contributed by atoms with E-state index < -0.39 is 13.3 Å². The van der Waals surface area contributed by atoms with Crippen LogP contribution in [-0.2, 0) is 0 Å². The summed E-state index contributed by atoms with van der Waals surface area (Å²) in [5.74, 6) is 1.98. The first kappa shape index (κ1) is 38.0. The molecule has 0 aliphatic carbocycles. The fraction of sp³-hybridized carbons (Fsp3) is 0. The fourth-order valence-electron chi connectivity index (χ4n) is 9.02. The van der Waals surface area contributed by atoms with E-state index in [0.717, 1.165) is 22.3 Å². The zero-order valence-corrected chi connectivity index (χ0v) is 37.6. The molecular formula is C57H39GeN3Se. The number of hydrogen-bond acceptors (Lipinski definition) is 3. The van der Waals surface area contributed by atoms with Gasteiger partial charge in [-0.2, -0.15) is 0 Å². The van der Waals surface area contributed by atoms with E-state index in [1.165, 1.54) is 53.6 Å². The van der Waals surface area contributed by atoms with Crippen molar-refractivity contribution in [2.75, 3.05) is 0 Å². The molecule has 3 nitrogen and oxygen atoms in total. The van der Waals surface area contributed by atoms with Crippen LogP contribution in [0.25, 0.3) is 75.7 Å². The Morgan fingerprint density at radius 2 is 0.613 bits per heavy atom. The first-order valence-electron chi connectivity index (χ1n) is 20.9. The molecule has 11 rings (SSSR count). The van der Waals surface area contributed by atoms with Crippen LogP contribution in [0.5, 0.6) is 0 Å². The van der Waals surface area contributed by atoms with Gasteiger partial charge in [0.2, 0.25) is 0 Å². The molecule has 9 aromatic carbocycles. The summed E-state index contributed by atoms with van der Waals surface area (Å²) in [5, 5.41) is 2.66. The van der Waals surface area contributed by atoms with E-state index in [2.05, 4.69) is 200 Å². The number of aromatic nitrogens is 3. The molecule has 0 radical (unpaired) electrons. The Balaban J connectivity index is 1.05. The average molecular weight is 918 g/mol. The monoisotopic (exact) mass is 919 g/mol. The molecule has 0 saturated carbocycles. The number of benzene rings is 9. The van der Waals surface area contributed by atoms with Crippen molar-refractivity contribution in [2.45, 2.75) is 0 Å². The van der Waals surface area contributed by atoms with Crippen molar-refractivity contribution < 1.29 is 0 Å². The number of hydrogen-bond donors (Lipinski definition) is 0. The Hall–Kier alpha value is -6.95. The molecule has 0 atom stereocenters. The predicted molar refractivity (Wildman–Crippen MR) is 263 cm³/mol. The third-order valence-electron chi connectivity index (χ3n) is 11.9. The van der Waals surface area contributed by atoms with Crippen molar-refractivity contribution in [3.8, 4) is 56.4 Å².